The van der Waals surface area contributed by atoms with E-state index in [0.29, 0.717) is 30.5 Å². The van der Waals surface area contributed by atoms with Gasteiger partial charge in [0.1, 0.15) is 11.6 Å². The molecule has 0 aliphatic rings. The normalized spacial score (nSPS) is 13.5. The molecule has 0 spiro atoms. The molecule has 1 aromatic carbocycles. The molecule has 1 atom stereocenters. The van der Waals surface area contributed by atoms with Gasteiger partial charge in [0.15, 0.2) is 0 Å². The Morgan fingerprint density at radius 2 is 1.60 bits per heavy atom. The fraction of sp³-hybridized carbons (Fsp3) is 0.625. The van der Waals surface area contributed by atoms with E-state index in [0.717, 1.165) is 12.6 Å². The highest BCUT2D eigenvalue weighted by atomic mass is 19.1. The second-order valence-corrected chi connectivity index (χ2v) is 5.99. The Kier molecular flexibility index (Phi) is 6.56. The van der Waals surface area contributed by atoms with Crippen LogP contribution in [0.15, 0.2) is 18.2 Å². The Morgan fingerprint density at radius 1 is 1.05 bits per heavy atom. The summed E-state index contributed by atoms with van der Waals surface area (Å²) in [5.74, 6) is -0.759. The van der Waals surface area contributed by atoms with Gasteiger partial charge in [-0.05, 0) is 43.9 Å². The van der Waals surface area contributed by atoms with Crippen molar-refractivity contribution in [3.63, 3.8) is 0 Å². The zero-order chi connectivity index (χ0) is 15.3. The van der Waals surface area contributed by atoms with E-state index in [-0.39, 0.29) is 0 Å². The standard InChI is InChI=1S/C16H25F2NO/c1-11(2)10-19(12(3)4)6-5-16(20)13-7-14(17)9-15(18)8-13/h7-9,11-12,16,20H,5-6,10H2,1-4H3. The second kappa shape index (κ2) is 7.70. The van der Waals surface area contributed by atoms with Gasteiger partial charge in [-0.2, -0.15) is 0 Å². The third-order valence-electron chi connectivity index (χ3n) is 3.29. The zero-order valence-electron chi connectivity index (χ0n) is 12.7. The second-order valence-electron chi connectivity index (χ2n) is 5.99. The van der Waals surface area contributed by atoms with Gasteiger partial charge in [-0.3, -0.25) is 0 Å². The molecule has 20 heavy (non-hydrogen) atoms. The smallest absolute Gasteiger partial charge is 0.126 e. The van der Waals surface area contributed by atoms with Crippen molar-refractivity contribution in [1.82, 2.24) is 4.90 Å². The van der Waals surface area contributed by atoms with Crippen molar-refractivity contribution in [3.8, 4) is 0 Å². The van der Waals surface area contributed by atoms with E-state index < -0.39 is 17.7 Å². The van der Waals surface area contributed by atoms with Crippen LogP contribution < -0.4 is 0 Å². The summed E-state index contributed by atoms with van der Waals surface area (Å²) in [6, 6.07) is 3.58. The van der Waals surface area contributed by atoms with Crippen LogP contribution in [0.1, 0.15) is 45.8 Å². The quantitative estimate of drug-likeness (QED) is 0.824. The molecule has 0 aliphatic carbocycles. The Balaban J connectivity index is 2.62. The molecule has 1 unspecified atom stereocenters. The first-order valence-corrected chi connectivity index (χ1v) is 7.17. The molecule has 1 aromatic rings. The first kappa shape index (κ1) is 17.1. The fourth-order valence-electron chi connectivity index (χ4n) is 2.25. The van der Waals surface area contributed by atoms with Gasteiger partial charge >= 0.3 is 0 Å². The topological polar surface area (TPSA) is 23.5 Å². The van der Waals surface area contributed by atoms with Gasteiger partial charge in [0, 0.05) is 25.2 Å². The first-order chi connectivity index (χ1) is 9.29. The van der Waals surface area contributed by atoms with Crippen LogP contribution in [-0.2, 0) is 0 Å². The van der Waals surface area contributed by atoms with Crippen LogP contribution in [0.2, 0.25) is 0 Å². The minimum Gasteiger partial charge on any atom is -0.388 e. The number of rotatable bonds is 7. The number of nitrogens with zero attached hydrogens (tertiary/aromatic N) is 1. The summed E-state index contributed by atoms with van der Waals surface area (Å²) in [5, 5.41) is 10.1. The van der Waals surface area contributed by atoms with Gasteiger partial charge in [0.05, 0.1) is 6.10 Å². The maximum atomic E-state index is 13.1. The maximum absolute atomic E-state index is 13.1. The number of aliphatic hydroxyl groups is 1. The summed E-state index contributed by atoms with van der Waals surface area (Å²) in [6.45, 7) is 10.2. The Bertz CT molecular complexity index is 401. The van der Waals surface area contributed by atoms with Crippen LogP contribution in [-0.4, -0.2) is 29.1 Å². The lowest BCUT2D eigenvalue weighted by molar-refractivity contribution is 0.123. The van der Waals surface area contributed by atoms with Gasteiger partial charge in [-0.25, -0.2) is 8.78 Å². The molecule has 0 saturated carbocycles. The van der Waals surface area contributed by atoms with Crippen LogP contribution in [0.5, 0.6) is 0 Å². The molecule has 114 valence electrons. The van der Waals surface area contributed by atoms with Crippen molar-refractivity contribution in [2.24, 2.45) is 5.92 Å². The number of aliphatic hydroxyl groups excluding tert-OH is 1. The van der Waals surface area contributed by atoms with Crippen LogP contribution >= 0.6 is 0 Å². The van der Waals surface area contributed by atoms with Gasteiger partial charge in [-0.15, -0.1) is 0 Å². The van der Waals surface area contributed by atoms with E-state index in [1.165, 1.54) is 12.1 Å². The predicted molar refractivity (Wildman–Crippen MR) is 77.5 cm³/mol. The van der Waals surface area contributed by atoms with E-state index in [1.54, 1.807) is 0 Å². The molecule has 0 heterocycles. The number of benzene rings is 1. The minimum atomic E-state index is -0.839. The molecule has 0 aliphatic heterocycles. The van der Waals surface area contributed by atoms with Crippen molar-refractivity contribution in [1.29, 1.82) is 0 Å². The average molecular weight is 285 g/mol. The highest BCUT2D eigenvalue weighted by Crippen LogP contribution is 2.20. The number of halogens is 2. The summed E-state index contributed by atoms with van der Waals surface area (Å²) in [7, 11) is 0. The van der Waals surface area contributed by atoms with Gasteiger partial charge < -0.3 is 10.0 Å². The largest absolute Gasteiger partial charge is 0.388 e. The van der Waals surface area contributed by atoms with Crippen LogP contribution in [0, 0.1) is 17.6 Å². The van der Waals surface area contributed by atoms with Gasteiger partial charge in [0.2, 0.25) is 0 Å². The van der Waals surface area contributed by atoms with Crippen molar-refractivity contribution in [2.75, 3.05) is 13.1 Å². The highest BCUT2D eigenvalue weighted by Gasteiger charge is 2.15. The van der Waals surface area contributed by atoms with Crippen molar-refractivity contribution >= 4 is 0 Å². The molecule has 4 heteroatoms. The molecule has 0 saturated heterocycles. The lowest BCUT2D eigenvalue weighted by Crippen LogP contribution is -2.35. The minimum absolute atomic E-state index is 0.302. The summed E-state index contributed by atoms with van der Waals surface area (Å²) in [4.78, 5) is 2.27. The van der Waals surface area contributed by atoms with Gasteiger partial charge in [-0.1, -0.05) is 13.8 Å². The van der Waals surface area contributed by atoms with Crippen LogP contribution in [0.3, 0.4) is 0 Å². The summed E-state index contributed by atoms with van der Waals surface area (Å²) in [6.07, 6.45) is -0.373. The lowest BCUT2D eigenvalue weighted by Gasteiger charge is -2.29. The lowest BCUT2D eigenvalue weighted by atomic mass is 10.0. The Labute approximate surface area is 120 Å². The average Bonchev–Trinajstić information content (AvgIpc) is 2.32. The first-order valence-electron chi connectivity index (χ1n) is 7.17. The van der Waals surface area contributed by atoms with Gasteiger partial charge in [0.25, 0.3) is 0 Å². The van der Waals surface area contributed by atoms with Crippen molar-refractivity contribution < 1.29 is 13.9 Å². The molecular formula is C16H25F2NO. The highest BCUT2D eigenvalue weighted by molar-refractivity contribution is 5.20. The third kappa shape index (κ3) is 5.55. The molecule has 2 nitrogen and oxygen atoms in total. The van der Waals surface area contributed by atoms with E-state index >= 15 is 0 Å². The monoisotopic (exact) mass is 285 g/mol. The summed E-state index contributed by atoms with van der Waals surface area (Å²) >= 11 is 0. The Hall–Kier alpha value is -1.00. The summed E-state index contributed by atoms with van der Waals surface area (Å²) in [5.41, 5.74) is 0.302. The SMILES string of the molecule is CC(C)CN(CCC(O)c1cc(F)cc(F)c1)C(C)C. The van der Waals surface area contributed by atoms with Crippen molar-refractivity contribution in [3.05, 3.63) is 35.4 Å². The fourth-order valence-corrected chi connectivity index (χ4v) is 2.25. The molecule has 0 amide bonds. The molecule has 0 fully saturated rings. The third-order valence-corrected chi connectivity index (χ3v) is 3.29. The van der Waals surface area contributed by atoms with E-state index in [1.807, 2.05) is 0 Å². The predicted octanol–water partition coefficient (Wildman–Crippen LogP) is 3.75. The van der Waals surface area contributed by atoms with Crippen molar-refractivity contribution in [2.45, 2.75) is 46.3 Å². The molecular weight excluding hydrogens is 260 g/mol. The van der Waals surface area contributed by atoms with Crippen LogP contribution in [0.25, 0.3) is 0 Å². The molecule has 0 radical (unpaired) electrons. The summed E-state index contributed by atoms with van der Waals surface area (Å²) < 4.78 is 26.3. The van der Waals surface area contributed by atoms with E-state index in [2.05, 4.69) is 32.6 Å². The van der Waals surface area contributed by atoms with E-state index in [9.17, 15) is 13.9 Å². The number of hydrogen-bond acceptors (Lipinski definition) is 2. The molecule has 0 bridgehead atoms. The van der Waals surface area contributed by atoms with Crippen LogP contribution in [0.4, 0.5) is 8.78 Å². The number of hydrogen-bond donors (Lipinski definition) is 1. The van der Waals surface area contributed by atoms with E-state index in [4.69, 9.17) is 0 Å². The maximum Gasteiger partial charge on any atom is 0.126 e. The zero-order valence-corrected chi connectivity index (χ0v) is 12.7. The molecule has 1 N–H and O–H groups in total. The molecule has 1 rings (SSSR count). The molecule has 0 aromatic heterocycles. The Morgan fingerprint density at radius 3 is 2.05 bits per heavy atom.